The minimum atomic E-state index is 0.338. The van der Waals surface area contributed by atoms with E-state index in [1.165, 1.54) is 12.0 Å². The van der Waals surface area contributed by atoms with Crippen molar-refractivity contribution in [1.82, 2.24) is 5.32 Å². The molecule has 0 saturated carbocycles. The molecule has 3 nitrogen and oxygen atoms in total. The van der Waals surface area contributed by atoms with E-state index < -0.39 is 0 Å². The smallest absolute Gasteiger partial charge is 0.119 e. The molecule has 1 N–H and O–H groups in total. The van der Waals surface area contributed by atoms with Crippen molar-refractivity contribution in [3.63, 3.8) is 0 Å². The van der Waals surface area contributed by atoms with Gasteiger partial charge in [0.2, 0.25) is 0 Å². The summed E-state index contributed by atoms with van der Waals surface area (Å²) >= 11 is 0. The van der Waals surface area contributed by atoms with Crippen molar-refractivity contribution in [3.8, 4) is 5.75 Å². The van der Waals surface area contributed by atoms with E-state index in [0.717, 1.165) is 31.9 Å². The molecule has 3 heteroatoms. The van der Waals surface area contributed by atoms with Gasteiger partial charge in [0.1, 0.15) is 5.75 Å². The van der Waals surface area contributed by atoms with Gasteiger partial charge in [0.15, 0.2) is 0 Å². The van der Waals surface area contributed by atoms with Crippen molar-refractivity contribution in [1.29, 1.82) is 0 Å². The van der Waals surface area contributed by atoms with Gasteiger partial charge in [0.25, 0.3) is 0 Å². The highest BCUT2D eigenvalue weighted by Crippen LogP contribution is 2.17. The fourth-order valence-corrected chi connectivity index (χ4v) is 1.68. The van der Waals surface area contributed by atoms with Gasteiger partial charge in [0.05, 0.1) is 13.2 Å². The Morgan fingerprint density at radius 3 is 2.50 bits per heavy atom. The molecule has 0 heterocycles. The molecule has 18 heavy (non-hydrogen) atoms. The van der Waals surface area contributed by atoms with Crippen LogP contribution in [0.2, 0.25) is 0 Å². The van der Waals surface area contributed by atoms with Crippen LogP contribution in [0.3, 0.4) is 0 Å². The fourth-order valence-electron chi connectivity index (χ4n) is 1.68. The molecule has 0 radical (unpaired) electrons. The quantitative estimate of drug-likeness (QED) is 0.684. The van der Waals surface area contributed by atoms with Crippen molar-refractivity contribution in [2.75, 3.05) is 26.9 Å². The van der Waals surface area contributed by atoms with E-state index in [0.29, 0.717) is 6.04 Å². The Hall–Kier alpha value is -1.06. The first-order valence-electron chi connectivity index (χ1n) is 6.73. The normalized spacial score (nSPS) is 12.4. The summed E-state index contributed by atoms with van der Waals surface area (Å²) in [4.78, 5) is 0. The zero-order chi connectivity index (χ0) is 13.2. The summed E-state index contributed by atoms with van der Waals surface area (Å²) in [6.45, 7) is 6.73. The van der Waals surface area contributed by atoms with E-state index in [2.05, 4.69) is 31.3 Å². The van der Waals surface area contributed by atoms with Crippen LogP contribution in [0, 0.1) is 0 Å². The van der Waals surface area contributed by atoms with Crippen LogP contribution in [-0.4, -0.2) is 26.9 Å². The second-order valence-electron chi connectivity index (χ2n) is 4.44. The molecule has 0 aliphatic heterocycles. The van der Waals surface area contributed by atoms with Gasteiger partial charge in [0, 0.05) is 19.7 Å². The summed E-state index contributed by atoms with van der Waals surface area (Å²) in [5.41, 5.74) is 1.27. The summed E-state index contributed by atoms with van der Waals surface area (Å²) in [5.74, 6) is 0.955. The monoisotopic (exact) mass is 251 g/mol. The SMILES string of the molecule is CCCCOc1ccc([C@@H](C)NCCOC)cc1. The molecule has 102 valence electrons. The van der Waals surface area contributed by atoms with Gasteiger partial charge in [-0.15, -0.1) is 0 Å². The van der Waals surface area contributed by atoms with Crippen LogP contribution in [0.1, 0.15) is 38.3 Å². The molecule has 0 aliphatic carbocycles. The molecule has 1 aromatic carbocycles. The van der Waals surface area contributed by atoms with Crippen LogP contribution >= 0.6 is 0 Å². The molecule has 0 unspecified atom stereocenters. The number of hydrogen-bond donors (Lipinski definition) is 1. The van der Waals surface area contributed by atoms with E-state index in [1.807, 2.05) is 12.1 Å². The molecule has 0 spiro atoms. The fraction of sp³-hybridized carbons (Fsp3) is 0.600. The summed E-state index contributed by atoms with van der Waals surface area (Å²) in [6.07, 6.45) is 2.27. The maximum absolute atomic E-state index is 5.64. The Balaban J connectivity index is 2.38. The van der Waals surface area contributed by atoms with Gasteiger partial charge in [-0.1, -0.05) is 25.5 Å². The van der Waals surface area contributed by atoms with Crippen LogP contribution in [0.4, 0.5) is 0 Å². The Morgan fingerprint density at radius 1 is 1.17 bits per heavy atom. The molecular formula is C15H25NO2. The van der Waals surface area contributed by atoms with Gasteiger partial charge >= 0.3 is 0 Å². The predicted octanol–water partition coefficient (Wildman–Crippen LogP) is 3.16. The number of rotatable bonds is 9. The maximum Gasteiger partial charge on any atom is 0.119 e. The number of methoxy groups -OCH3 is 1. The van der Waals surface area contributed by atoms with Crippen LogP contribution in [-0.2, 0) is 4.74 Å². The average Bonchev–Trinajstić information content (AvgIpc) is 2.40. The molecular weight excluding hydrogens is 226 g/mol. The molecule has 1 rings (SSSR count). The molecule has 0 saturated heterocycles. The molecule has 0 aliphatic rings. The average molecular weight is 251 g/mol. The van der Waals surface area contributed by atoms with E-state index in [4.69, 9.17) is 9.47 Å². The van der Waals surface area contributed by atoms with Crippen molar-refractivity contribution in [2.24, 2.45) is 0 Å². The summed E-state index contributed by atoms with van der Waals surface area (Å²) in [7, 11) is 1.72. The van der Waals surface area contributed by atoms with Gasteiger partial charge < -0.3 is 14.8 Å². The van der Waals surface area contributed by atoms with Gasteiger partial charge in [-0.05, 0) is 31.0 Å². The third kappa shape index (κ3) is 5.52. The van der Waals surface area contributed by atoms with Gasteiger partial charge in [-0.2, -0.15) is 0 Å². The third-order valence-corrected chi connectivity index (χ3v) is 2.90. The standard InChI is InChI=1S/C15H25NO2/c1-4-5-11-18-15-8-6-14(7-9-15)13(2)16-10-12-17-3/h6-9,13,16H,4-5,10-12H2,1-3H3/t13-/m1/s1. The van der Waals surface area contributed by atoms with Crippen molar-refractivity contribution in [2.45, 2.75) is 32.7 Å². The first kappa shape index (κ1) is 15.0. The minimum Gasteiger partial charge on any atom is -0.494 e. The molecule has 0 bridgehead atoms. The van der Waals surface area contributed by atoms with E-state index in [1.54, 1.807) is 7.11 Å². The Labute approximate surface area is 110 Å². The van der Waals surface area contributed by atoms with E-state index in [9.17, 15) is 0 Å². The van der Waals surface area contributed by atoms with Gasteiger partial charge in [-0.3, -0.25) is 0 Å². The minimum absolute atomic E-state index is 0.338. The Kier molecular flexibility index (Phi) is 7.46. The highest BCUT2D eigenvalue weighted by molar-refractivity contribution is 5.28. The zero-order valence-electron chi connectivity index (χ0n) is 11.7. The molecule has 1 atom stereocenters. The first-order valence-corrected chi connectivity index (χ1v) is 6.73. The van der Waals surface area contributed by atoms with Crippen LogP contribution in [0.15, 0.2) is 24.3 Å². The third-order valence-electron chi connectivity index (χ3n) is 2.90. The summed E-state index contributed by atoms with van der Waals surface area (Å²) < 4.78 is 10.7. The lowest BCUT2D eigenvalue weighted by molar-refractivity contribution is 0.196. The highest BCUT2D eigenvalue weighted by atomic mass is 16.5. The molecule has 1 aromatic rings. The van der Waals surface area contributed by atoms with Crippen molar-refractivity contribution < 1.29 is 9.47 Å². The number of ether oxygens (including phenoxy) is 2. The maximum atomic E-state index is 5.64. The topological polar surface area (TPSA) is 30.5 Å². The van der Waals surface area contributed by atoms with E-state index in [-0.39, 0.29) is 0 Å². The second kappa shape index (κ2) is 8.95. The van der Waals surface area contributed by atoms with Crippen LogP contribution in [0.5, 0.6) is 5.75 Å². The van der Waals surface area contributed by atoms with Gasteiger partial charge in [-0.25, -0.2) is 0 Å². The Bertz CT molecular complexity index is 311. The molecule has 0 fully saturated rings. The number of benzene rings is 1. The van der Waals surface area contributed by atoms with Crippen LogP contribution in [0.25, 0.3) is 0 Å². The summed E-state index contributed by atoms with van der Waals surface area (Å²) in [6, 6.07) is 8.65. The lowest BCUT2D eigenvalue weighted by Crippen LogP contribution is -2.22. The number of unbranched alkanes of at least 4 members (excludes halogenated alkanes) is 1. The second-order valence-corrected chi connectivity index (χ2v) is 4.44. The number of nitrogens with one attached hydrogen (secondary N) is 1. The van der Waals surface area contributed by atoms with Crippen molar-refractivity contribution in [3.05, 3.63) is 29.8 Å². The van der Waals surface area contributed by atoms with Crippen molar-refractivity contribution >= 4 is 0 Å². The van der Waals surface area contributed by atoms with E-state index >= 15 is 0 Å². The predicted molar refractivity (Wildman–Crippen MR) is 75.1 cm³/mol. The largest absolute Gasteiger partial charge is 0.494 e. The zero-order valence-corrected chi connectivity index (χ0v) is 11.7. The number of hydrogen-bond acceptors (Lipinski definition) is 3. The Morgan fingerprint density at radius 2 is 1.89 bits per heavy atom. The highest BCUT2D eigenvalue weighted by Gasteiger charge is 2.04. The molecule has 0 aromatic heterocycles. The van der Waals surface area contributed by atoms with Crippen LogP contribution < -0.4 is 10.1 Å². The lowest BCUT2D eigenvalue weighted by Gasteiger charge is -2.14. The first-order chi connectivity index (χ1) is 8.77. The summed E-state index contributed by atoms with van der Waals surface area (Å²) in [5, 5.41) is 3.41. The molecule has 0 amide bonds. The lowest BCUT2D eigenvalue weighted by atomic mass is 10.1.